The van der Waals surface area contributed by atoms with Crippen LogP contribution >= 0.6 is 0 Å². The van der Waals surface area contributed by atoms with E-state index in [9.17, 15) is 4.79 Å². The van der Waals surface area contributed by atoms with Gasteiger partial charge in [0.25, 0.3) is 0 Å². The molecule has 0 aliphatic carbocycles. The molecule has 1 fully saturated rings. The fourth-order valence-electron chi connectivity index (χ4n) is 3.04. The van der Waals surface area contributed by atoms with E-state index in [1.807, 2.05) is 37.6 Å². The zero-order chi connectivity index (χ0) is 15.4. The fourth-order valence-corrected chi connectivity index (χ4v) is 3.04. The van der Waals surface area contributed by atoms with Crippen LogP contribution in [0.1, 0.15) is 17.0 Å². The smallest absolute Gasteiger partial charge is 0.225 e. The van der Waals surface area contributed by atoms with Gasteiger partial charge in [0.1, 0.15) is 0 Å². The second-order valence-electron chi connectivity index (χ2n) is 5.85. The minimum atomic E-state index is -0.0139. The van der Waals surface area contributed by atoms with E-state index in [0.29, 0.717) is 6.54 Å². The Bertz CT molecular complexity index is 623. The first-order chi connectivity index (χ1) is 10.7. The van der Waals surface area contributed by atoms with Crippen LogP contribution in [0.3, 0.4) is 0 Å². The van der Waals surface area contributed by atoms with Gasteiger partial charge in [-0.05, 0) is 17.5 Å². The Morgan fingerprint density at radius 3 is 2.91 bits per heavy atom. The van der Waals surface area contributed by atoms with Crippen molar-refractivity contribution in [3.63, 3.8) is 0 Å². The van der Waals surface area contributed by atoms with Gasteiger partial charge in [0.15, 0.2) is 0 Å². The topological polar surface area (TPSA) is 59.0 Å². The number of nitrogens with one attached hydrogen (secondary N) is 2. The standard InChI is InChI=1S/C17H22N4O/c1-21-12-14(9-20-21)15-10-18-11-16(15)17(22)19-8-7-13-5-3-2-4-6-13/h2-6,9,12,15-16,18H,7-8,10-11H2,1H3,(H,19,22)/t15-,16+/m1/s1. The number of hydrogen-bond acceptors (Lipinski definition) is 3. The van der Waals surface area contributed by atoms with E-state index < -0.39 is 0 Å². The van der Waals surface area contributed by atoms with E-state index in [1.54, 1.807) is 4.68 Å². The number of aryl methyl sites for hydroxylation is 1. The Morgan fingerprint density at radius 1 is 1.36 bits per heavy atom. The lowest BCUT2D eigenvalue weighted by molar-refractivity contribution is -0.124. The van der Waals surface area contributed by atoms with Gasteiger partial charge in [-0.3, -0.25) is 9.48 Å². The van der Waals surface area contributed by atoms with Gasteiger partial charge < -0.3 is 10.6 Å². The number of carbonyl (C=O) groups excluding carboxylic acids is 1. The molecule has 5 nitrogen and oxygen atoms in total. The van der Waals surface area contributed by atoms with Gasteiger partial charge in [-0.2, -0.15) is 5.10 Å². The van der Waals surface area contributed by atoms with Gasteiger partial charge in [0, 0.05) is 38.8 Å². The van der Waals surface area contributed by atoms with Gasteiger partial charge >= 0.3 is 0 Å². The predicted octanol–water partition coefficient (Wildman–Crippen LogP) is 1.08. The molecule has 2 N–H and O–H groups in total. The third-order valence-electron chi connectivity index (χ3n) is 4.26. The van der Waals surface area contributed by atoms with Crippen molar-refractivity contribution in [1.82, 2.24) is 20.4 Å². The maximum atomic E-state index is 12.4. The van der Waals surface area contributed by atoms with Crippen molar-refractivity contribution in [2.45, 2.75) is 12.3 Å². The molecule has 0 saturated carbocycles. The molecular weight excluding hydrogens is 276 g/mol. The zero-order valence-electron chi connectivity index (χ0n) is 12.8. The molecule has 22 heavy (non-hydrogen) atoms. The van der Waals surface area contributed by atoms with E-state index >= 15 is 0 Å². The molecule has 116 valence electrons. The lowest BCUT2D eigenvalue weighted by Crippen LogP contribution is -2.35. The summed E-state index contributed by atoms with van der Waals surface area (Å²) < 4.78 is 1.79. The Balaban J connectivity index is 1.55. The second kappa shape index (κ2) is 6.75. The Kier molecular flexibility index (Phi) is 4.53. The first-order valence-corrected chi connectivity index (χ1v) is 7.75. The highest BCUT2D eigenvalue weighted by atomic mass is 16.1. The molecule has 1 saturated heterocycles. The highest BCUT2D eigenvalue weighted by Gasteiger charge is 2.34. The molecule has 2 heterocycles. The van der Waals surface area contributed by atoms with E-state index in [0.717, 1.165) is 25.1 Å². The normalized spacial score (nSPS) is 21.0. The van der Waals surface area contributed by atoms with Crippen LogP contribution in [0.5, 0.6) is 0 Å². The van der Waals surface area contributed by atoms with Crippen molar-refractivity contribution in [3.8, 4) is 0 Å². The molecule has 1 aromatic carbocycles. The van der Waals surface area contributed by atoms with Crippen LogP contribution in [0.15, 0.2) is 42.7 Å². The number of aromatic nitrogens is 2. The third kappa shape index (κ3) is 3.36. The van der Waals surface area contributed by atoms with Crippen molar-refractivity contribution in [2.24, 2.45) is 13.0 Å². The summed E-state index contributed by atoms with van der Waals surface area (Å²) in [6, 6.07) is 10.2. The number of nitrogens with zero attached hydrogens (tertiary/aromatic N) is 2. The highest BCUT2D eigenvalue weighted by Crippen LogP contribution is 2.27. The minimum Gasteiger partial charge on any atom is -0.355 e. The molecule has 3 rings (SSSR count). The monoisotopic (exact) mass is 298 g/mol. The van der Waals surface area contributed by atoms with Gasteiger partial charge in [-0.15, -0.1) is 0 Å². The molecular formula is C17H22N4O. The summed E-state index contributed by atoms with van der Waals surface area (Å²) in [5.41, 5.74) is 2.38. The SMILES string of the molecule is Cn1cc([C@H]2CNC[C@@H]2C(=O)NCCc2ccccc2)cn1. The highest BCUT2D eigenvalue weighted by molar-refractivity contribution is 5.80. The van der Waals surface area contributed by atoms with E-state index in [-0.39, 0.29) is 17.7 Å². The summed E-state index contributed by atoms with van der Waals surface area (Å²) in [7, 11) is 1.90. The number of benzene rings is 1. The van der Waals surface area contributed by atoms with Crippen LogP contribution in [-0.4, -0.2) is 35.3 Å². The van der Waals surface area contributed by atoms with Crippen molar-refractivity contribution >= 4 is 5.91 Å². The molecule has 2 atom stereocenters. The number of rotatable bonds is 5. The number of carbonyl (C=O) groups is 1. The van der Waals surface area contributed by atoms with Crippen LogP contribution in [-0.2, 0) is 18.3 Å². The van der Waals surface area contributed by atoms with E-state index in [2.05, 4.69) is 27.9 Å². The third-order valence-corrected chi connectivity index (χ3v) is 4.26. The Hall–Kier alpha value is -2.14. The quantitative estimate of drug-likeness (QED) is 0.868. The van der Waals surface area contributed by atoms with E-state index in [1.165, 1.54) is 5.56 Å². The maximum Gasteiger partial charge on any atom is 0.225 e. The molecule has 1 aromatic heterocycles. The molecule has 0 radical (unpaired) electrons. The first-order valence-electron chi connectivity index (χ1n) is 7.75. The zero-order valence-corrected chi connectivity index (χ0v) is 12.8. The van der Waals surface area contributed by atoms with Crippen molar-refractivity contribution in [3.05, 3.63) is 53.9 Å². The molecule has 1 aliphatic rings. The van der Waals surface area contributed by atoms with E-state index in [4.69, 9.17) is 0 Å². The summed E-state index contributed by atoms with van der Waals surface area (Å²) in [4.78, 5) is 12.4. The van der Waals surface area contributed by atoms with Gasteiger partial charge in [-0.25, -0.2) is 0 Å². The lowest BCUT2D eigenvalue weighted by Gasteiger charge is -2.17. The van der Waals surface area contributed by atoms with Crippen LogP contribution in [0.2, 0.25) is 0 Å². The summed E-state index contributed by atoms with van der Waals surface area (Å²) in [6.45, 7) is 2.25. The Morgan fingerprint density at radius 2 is 2.18 bits per heavy atom. The minimum absolute atomic E-state index is 0.0139. The molecule has 0 spiro atoms. The predicted molar refractivity (Wildman–Crippen MR) is 85.5 cm³/mol. The van der Waals surface area contributed by atoms with Crippen LogP contribution < -0.4 is 10.6 Å². The summed E-state index contributed by atoms with van der Waals surface area (Å²) in [6.07, 6.45) is 4.73. The molecule has 1 aliphatic heterocycles. The molecule has 1 amide bonds. The van der Waals surface area contributed by atoms with Crippen molar-refractivity contribution < 1.29 is 4.79 Å². The molecule has 0 unspecified atom stereocenters. The van der Waals surface area contributed by atoms with Crippen molar-refractivity contribution in [1.29, 1.82) is 0 Å². The summed E-state index contributed by atoms with van der Waals surface area (Å²) in [5, 5.41) is 10.6. The van der Waals surface area contributed by atoms with Gasteiger partial charge in [0.05, 0.1) is 12.1 Å². The van der Waals surface area contributed by atoms with Crippen LogP contribution in [0.4, 0.5) is 0 Å². The lowest BCUT2D eigenvalue weighted by atomic mass is 9.90. The average Bonchev–Trinajstić information content (AvgIpc) is 3.16. The second-order valence-corrected chi connectivity index (χ2v) is 5.85. The Labute approximate surface area is 130 Å². The molecule has 2 aromatic rings. The number of amides is 1. The summed E-state index contributed by atoms with van der Waals surface area (Å²) in [5.74, 6) is 0.334. The van der Waals surface area contributed by atoms with Gasteiger partial charge in [0.2, 0.25) is 5.91 Å². The fraction of sp³-hybridized carbons (Fsp3) is 0.412. The first kappa shape index (κ1) is 14.8. The van der Waals surface area contributed by atoms with Crippen molar-refractivity contribution in [2.75, 3.05) is 19.6 Å². The van der Waals surface area contributed by atoms with Gasteiger partial charge in [-0.1, -0.05) is 30.3 Å². The largest absolute Gasteiger partial charge is 0.355 e. The van der Waals surface area contributed by atoms with Crippen LogP contribution in [0.25, 0.3) is 0 Å². The summed E-state index contributed by atoms with van der Waals surface area (Å²) >= 11 is 0. The average molecular weight is 298 g/mol. The number of hydrogen-bond donors (Lipinski definition) is 2. The maximum absolute atomic E-state index is 12.4. The van der Waals surface area contributed by atoms with Crippen LogP contribution in [0, 0.1) is 5.92 Å². The molecule has 5 heteroatoms. The molecule has 0 bridgehead atoms.